The van der Waals surface area contributed by atoms with Gasteiger partial charge in [-0.1, -0.05) is 40.2 Å². The molecule has 0 saturated carbocycles. The molecule has 0 aliphatic carbocycles. The van der Waals surface area contributed by atoms with Crippen LogP contribution in [0.25, 0.3) is 21.8 Å². The van der Waals surface area contributed by atoms with Crippen LogP contribution in [0.1, 0.15) is 0 Å². The number of aromatic nitrogens is 2. The molecule has 0 spiro atoms. The van der Waals surface area contributed by atoms with Crippen LogP contribution in [0, 0.1) is 0 Å². The lowest BCUT2D eigenvalue weighted by molar-refractivity contribution is 0.477. The highest BCUT2D eigenvalue weighted by molar-refractivity contribution is 9.11. The first kappa shape index (κ1) is 16.7. The lowest BCUT2D eigenvalue weighted by atomic mass is 10.2. The second-order valence-corrected chi connectivity index (χ2v) is 6.65. The summed E-state index contributed by atoms with van der Waals surface area (Å²) < 4.78 is 1.62. The molecular weight excluding hydrogens is 436 g/mol. The maximum atomic E-state index is 9.55. The Morgan fingerprint density at radius 3 is 2.29 bits per heavy atom. The van der Waals surface area contributed by atoms with Crippen molar-refractivity contribution in [3.05, 3.63) is 69.9 Å². The Hall–Kier alpha value is -2.18. The lowest BCUT2D eigenvalue weighted by Gasteiger charge is -2.00. The summed E-state index contributed by atoms with van der Waals surface area (Å²) in [5.74, 6) is 0.418. The number of rotatable bonds is 0. The summed E-state index contributed by atoms with van der Waals surface area (Å²) in [4.78, 5) is 8.12. The third-order valence-electron chi connectivity index (χ3n) is 3.40. The fourth-order valence-corrected chi connectivity index (χ4v) is 2.99. The van der Waals surface area contributed by atoms with E-state index in [-0.39, 0.29) is 11.5 Å². The van der Waals surface area contributed by atoms with E-state index in [0.717, 1.165) is 15.2 Å². The van der Waals surface area contributed by atoms with Gasteiger partial charge in [-0.3, -0.25) is 9.97 Å². The zero-order valence-corrected chi connectivity index (χ0v) is 15.5. The number of hydrogen-bond acceptors (Lipinski definition) is 4. The smallest absolute Gasteiger partial charge is 0.156 e. The standard InChI is InChI=1S/2C9H6BrNO/c10-7-4-3-6-2-1-5-11-8(6)9(7)12;10-7-4-5-11-9-6(7)2-1-3-8(9)12/h2*1-5,12H. The molecule has 0 amide bonds. The molecular formula is C18H12Br2N2O2. The zero-order chi connectivity index (χ0) is 17.1. The molecule has 2 aromatic heterocycles. The number of pyridine rings is 2. The monoisotopic (exact) mass is 446 g/mol. The topological polar surface area (TPSA) is 66.2 Å². The molecule has 0 fully saturated rings. The van der Waals surface area contributed by atoms with Crippen LogP contribution in [0.15, 0.2) is 69.9 Å². The largest absolute Gasteiger partial charge is 0.506 e. The second kappa shape index (κ2) is 7.15. The Kier molecular flexibility index (Phi) is 4.97. The van der Waals surface area contributed by atoms with Gasteiger partial charge in [0, 0.05) is 27.6 Å². The van der Waals surface area contributed by atoms with E-state index < -0.39 is 0 Å². The van der Waals surface area contributed by atoms with Crippen LogP contribution < -0.4 is 0 Å². The molecule has 2 aromatic carbocycles. The van der Waals surface area contributed by atoms with Crippen LogP contribution in [0.2, 0.25) is 0 Å². The number of fused-ring (bicyclic) bond motifs is 2. The van der Waals surface area contributed by atoms with Crippen molar-refractivity contribution >= 4 is 53.7 Å². The molecule has 0 unspecified atom stereocenters. The summed E-state index contributed by atoms with van der Waals surface area (Å²) in [6.07, 6.45) is 3.32. The Bertz CT molecular complexity index is 980. The number of aromatic hydroxyl groups is 2. The van der Waals surface area contributed by atoms with E-state index in [4.69, 9.17) is 0 Å². The predicted molar refractivity (Wildman–Crippen MR) is 102 cm³/mol. The van der Waals surface area contributed by atoms with E-state index in [0.29, 0.717) is 15.5 Å². The van der Waals surface area contributed by atoms with E-state index in [2.05, 4.69) is 41.8 Å². The maximum Gasteiger partial charge on any atom is 0.156 e. The zero-order valence-electron chi connectivity index (χ0n) is 12.3. The highest BCUT2D eigenvalue weighted by atomic mass is 79.9. The number of halogens is 2. The van der Waals surface area contributed by atoms with Crippen molar-refractivity contribution in [2.24, 2.45) is 0 Å². The van der Waals surface area contributed by atoms with Gasteiger partial charge in [-0.2, -0.15) is 0 Å². The quantitative estimate of drug-likeness (QED) is 0.378. The molecule has 6 heteroatoms. The minimum atomic E-state index is 0.202. The number of benzene rings is 2. The summed E-state index contributed by atoms with van der Waals surface area (Å²) >= 11 is 6.61. The normalized spacial score (nSPS) is 10.4. The van der Waals surface area contributed by atoms with Crippen LogP contribution in [0.5, 0.6) is 11.5 Å². The van der Waals surface area contributed by atoms with Crippen molar-refractivity contribution in [1.29, 1.82) is 0 Å². The lowest BCUT2D eigenvalue weighted by Crippen LogP contribution is -1.79. The minimum Gasteiger partial charge on any atom is -0.506 e. The van der Waals surface area contributed by atoms with Crippen molar-refractivity contribution in [2.45, 2.75) is 0 Å². The fraction of sp³-hybridized carbons (Fsp3) is 0. The highest BCUT2D eigenvalue weighted by Crippen LogP contribution is 2.30. The molecule has 0 aliphatic rings. The first-order valence-corrected chi connectivity index (χ1v) is 8.61. The Morgan fingerprint density at radius 2 is 1.50 bits per heavy atom. The van der Waals surface area contributed by atoms with E-state index in [1.165, 1.54) is 0 Å². The van der Waals surface area contributed by atoms with Gasteiger partial charge in [-0.15, -0.1) is 0 Å². The maximum absolute atomic E-state index is 9.55. The molecule has 0 radical (unpaired) electrons. The molecule has 4 aromatic rings. The van der Waals surface area contributed by atoms with Gasteiger partial charge < -0.3 is 10.2 Å². The molecule has 0 aliphatic heterocycles. The highest BCUT2D eigenvalue weighted by Gasteiger charge is 2.03. The van der Waals surface area contributed by atoms with Crippen molar-refractivity contribution in [1.82, 2.24) is 9.97 Å². The van der Waals surface area contributed by atoms with Gasteiger partial charge in [-0.05, 0) is 40.2 Å². The molecule has 4 nitrogen and oxygen atoms in total. The van der Waals surface area contributed by atoms with Gasteiger partial charge in [-0.25, -0.2) is 0 Å². The SMILES string of the molecule is Oc1c(Br)ccc2cccnc12.Oc1cccc2c(Br)ccnc12. The first-order chi connectivity index (χ1) is 11.6. The van der Waals surface area contributed by atoms with E-state index in [9.17, 15) is 10.2 Å². The van der Waals surface area contributed by atoms with Gasteiger partial charge >= 0.3 is 0 Å². The molecule has 4 rings (SSSR count). The van der Waals surface area contributed by atoms with E-state index in [1.54, 1.807) is 30.6 Å². The summed E-state index contributed by atoms with van der Waals surface area (Å²) in [6, 6.07) is 14.6. The van der Waals surface area contributed by atoms with Gasteiger partial charge in [0.15, 0.2) is 5.75 Å². The number of para-hydroxylation sites is 1. The average molecular weight is 448 g/mol. The molecule has 24 heavy (non-hydrogen) atoms. The van der Waals surface area contributed by atoms with Gasteiger partial charge in [0.25, 0.3) is 0 Å². The third kappa shape index (κ3) is 3.34. The van der Waals surface area contributed by atoms with Crippen molar-refractivity contribution in [3.63, 3.8) is 0 Å². The number of phenolic OH excluding ortho intramolecular Hbond substituents is 2. The van der Waals surface area contributed by atoms with Crippen LogP contribution in [-0.4, -0.2) is 20.2 Å². The summed E-state index contributed by atoms with van der Waals surface area (Å²) in [6.45, 7) is 0. The van der Waals surface area contributed by atoms with Crippen molar-refractivity contribution in [3.8, 4) is 11.5 Å². The number of hydrogen-bond donors (Lipinski definition) is 2. The Morgan fingerprint density at radius 1 is 0.708 bits per heavy atom. The van der Waals surface area contributed by atoms with E-state index in [1.807, 2.05) is 30.3 Å². The average Bonchev–Trinajstić information content (AvgIpc) is 2.60. The van der Waals surface area contributed by atoms with E-state index >= 15 is 0 Å². The summed E-state index contributed by atoms with van der Waals surface area (Å²) in [7, 11) is 0. The minimum absolute atomic E-state index is 0.202. The molecule has 0 saturated heterocycles. The Labute approximate surface area is 155 Å². The van der Waals surface area contributed by atoms with Crippen molar-refractivity contribution < 1.29 is 10.2 Å². The first-order valence-electron chi connectivity index (χ1n) is 7.02. The fourth-order valence-electron chi connectivity index (χ4n) is 2.23. The number of nitrogens with zero attached hydrogens (tertiary/aromatic N) is 2. The van der Waals surface area contributed by atoms with Gasteiger partial charge in [0.2, 0.25) is 0 Å². The predicted octanol–water partition coefficient (Wildman–Crippen LogP) is 5.41. The molecule has 2 heterocycles. The molecule has 120 valence electrons. The second-order valence-electron chi connectivity index (χ2n) is 4.94. The van der Waals surface area contributed by atoms with Crippen LogP contribution in [0.4, 0.5) is 0 Å². The molecule has 2 N–H and O–H groups in total. The molecule has 0 bridgehead atoms. The number of phenols is 2. The summed E-state index contributed by atoms with van der Waals surface area (Å²) in [5, 5.41) is 20.8. The summed E-state index contributed by atoms with van der Waals surface area (Å²) in [5.41, 5.74) is 1.26. The van der Waals surface area contributed by atoms with Crippen LogP contribution >= 0.6 is 31.9 Å². The molecule has 0 atom stereocenters. The van der Waals surface area contributed by atoms with Gasteiger partial charge in [0.1, 0.15) is 16.8 Å². The Balaban J connectivity index is 0.000000141. The van der Waals surface area contributed by atoms with Crippen molar-refractivity contribution in [2.75, 3.05) is 0 Å². The van der Waals surface area contributed by atoms with Crippen LogP contribution in [-0.2, 0) is 0 Å². The third-order valence-corrected chi connectivity index (χ3v) is 4.73. The van der Waals surface area contributed by atoms with Gasteiger partial charge in [0.05, 0.1) is 4.47 Å². The van der Waals surface area contributed by atoms with Crippen LogP contribution in [0.3, 0.4) is 0 Å².